The Kier molecular flexibility index (Phi) is 6.39. The quantitative estimate of drug-likeness (QED) is 0.213. The molecule has 0 bridgehead atoms. The van der Waals surface area contributed by atoms with E-state index in [2.05, 4.69) is 47.7 Å². The van der Waals surface area contributed by atoms with Crippen LogP contribution in [0.1, 0.15) is 24.4 Å². The predicted molar refractivity (Wildman–Crippen MR) is 145 cm³/mol. The zero-order valence-corrected chi connectivity index (χ0v) is 22.8. The first-order valence-corrected chi connectivity index (χ1v) is 15.1. The summed E-state index contributed by atoms with van der Waals surface area (Å²) in [6.45, 7) is 3.82. The van der Waals surface area contributed by atoms with Gasteiger partial charge in [0.25, 0.3) is 0 Å². The van der Waals surface area contributed by atoms with E-state index in [9.17, 15) is 4.79 Å². The molecule has 12 heteroatoms. The molecule has 1 unspecified atom stereocenters. The molecule has 1 aliphatic carbocycles. The monoisotopic (exact) mass is 607 g/mol. The Balaban J connectivity index is 1.58. The molecule has 1 fully saturated rings. The maximum atomic E-state index is 15.5. The van der Waals surface area contributed by atoms with E-state index in [0.717, 1.165) is 24.4 Å². The van der Waals surface area contributed by atoms with Crippen molar-refractivity contribution in [2.24, 2.45) is 13.0 Å². The molecule has 1 aliphatic rings. The second kappa shape index (κ2) is 9.34. The van der Waals surface area contributed by atoms with Gasteiger partial charge in [-0.05, 0) is 66.9 Å². The third-order valence-electron chi connectivity index (χ3n) is 6.03. The van der Waals surface area contributed by atoms with Crippen molar-refractivity contribution in [3.05, 3.63) is 41.6 Å². The molecule has 0 radical (unpaired) electrons. The number of aryl methyl sites for hydroxylation is 3. The van der Waals surface area contributed by atoms with Gasteiger partial charge in [-0.25, -0.2) is 14.4 Å². The SMILES string of the molecule is COc1c(Nc2cc(NC(=O)C3CC3)nc3c2nc(C)n3PI)ccc(-c2cc(C)n(C)n2)c1F. The van der Waals surface area contributed by atoms with Crippen LogP contribution in [-0.2, 0) is 11.8 Å². The van der Waals surface area contributed by atoms with Gasteiger partial charge < -0.3 is 15.4 Å². The fourth-order valence-electron chi connectivity index (χ4n) is 3.88. The predicted octanol–water partition coefficient (Wildman–Crippen LogP) is 5.48. The molecule has 182 valence electrons. The number of benzene rings is 1. The molecule has 3 heterocycles. The van der Waals surface area contributed by atoms with E-state index in [1.807, 2.05) is 31.3 Å². The van der Waals surface area contributed by atoms with Crippen molar-refractivity contribution >= 4 is 62.7 Å². The van der Waals surface area contributed by atoms with Crippen LogP contribution in [0.15, 0.2) is 24.3 Å². The minimum atomic E-state index is -0.515. The molecule has 4 aromatic rings. The van der Waals surface area contributed by atoms with Crippen LogP contribution in [0.3, 0.4) is 0 Å². The number of hydrogen-bond donors (Lipinski definition) is 2. The maximum absolute atomic E-state index is 15.5. The van der Waals surface area contributed by atoms with Crippen LogP contribution in [0, 0.1) is 25.6 Å². The number of rotatable bonds is 7. The van der Waals surface area contributed by atoms with Crippen LogP contribution < -0.4 is 15.4 Å². The van der Waals surface area contributed by atoms with E-state index in [1.165, 1.54) is 7.11 Å². The smallest absolute Gasteiger partial charge is 0.228 e. The highest BCUT2D eigenvalue weighted by molar-refractivity contribution is 14.2. The lowest BCUT2D eigenvalue weighted by molar-refractivity contribution is -0.117. The summed E-state index contributed by atoms with van der Waals surface area (Å²) in [5.74, 6) is 0.769. The van der Waals surface area contributed by atoms with Gasteiger partial charge in [0.2, 0.25) is 5.91 Å². The summed E-state index contributed by atoms with van der Waals surface area (Å²) >= 11 is 2.27. The van der Waals surface area contributed by atoms with Crippen molar-refractivity contribution in [2.45, 2.75) is 26.7 Å². The van der Waals surface area contributed by atoms with Gasteiger partial charge in [-0.15, -0.1) is 0 Å². The van der Waals surface area contributed by atoms with Gasteiger partial charge >= 0.3 is 0 Å². The van der Waals surface area contributed by atoms with Crippen molar-refractivity contribution in [3.8, 4) is 17.0 Å². The van der Waals surface area contributed by atoms with E-state index in [1.54, 1.807) is 22.9 Å². The number of carbonyl (C=O) groups excluding carboxylic acids is 1. The average Bonchev–Trinajstić information content (AvgIpc) is 3.55. The highest BCUT2D eigenvalue weighted by atomic mass is 127. The Labute approximate surface area is 216 Å². The number of anilines is 3. The minimum absolute atomic E-state index is 0.0406. The van der Waals surface area contributed by atoms with Crippen LogP contribution in [0.2, 0.25) is 0 Å². The highest BCUT2D eigenvalue weighted by Gasteiger charge is 2.30. The molecular formula is C23H24FIN7O2P. The Hall–Kier alpha value is -2.79. The molecule has 2 N–H and O–H groups in total. The number of fused-ring (bicyclic) bond motifs is 1. The Bertz CT molecular complexity index is 1440. The van der Waals surface area contributed by atoms with E-state index in [4.69, 9.17) is 4.74 Å². The lowest BCUT2D eigenvalue weighted by Gasteiger charge is -2.15. The largest absolute Gasteiger partial charge is 0.492 e. The first-order valence-electron chi connectivity index (χ1n) is 11.0. The van der Waals surface area contributed by atoms with Gasteiger partial charge in [-0.2, -0.15) is 5.10 Å². The highest BCUT2D eigenvalue weighted by Crippen LogP contribution is 2.40. The van der Waals surface area contributed by atoms with Crippen LogP contribution in [0.25, 0.3) is 22.4 Å². The summed E-state index contributed by atoms with van der Waals surface area (Å²) in [6, 6.07) is 6.97. The van der Waals surface area contributed by atoms with Crippen LogP contribution in [0.4, 0.5) is 21.6 Å². The Morgan fingerprint density at radius 3 is 2.63 bits per heavy atom. The second-order valence-corrected chi connectivity index (χ2v) is 10.6. The number of hydrogen-bond acceptors (Lipinski definition) is 6. The van der Waals surface area contributed by atoms with E-state index < -0.39 is 5.82 Å². The van der Waals surface area contributed by atoms with Gasteiger partial charge in [-0.1, -0.05) is 0 Å². The molecule has 5 rings (SSSR count). The molecule has 3 aromatic heterocycles. The van der Waals surface area contributed by atoms with Crippen molar-refractivity contribution in [3.63, 3.8) is 0 Å². The first-order chi connectivity index (χ1) is 16.8. The number of ether oxygens (including phenoxy) is 1. The summed E-state index contributed by atoms with van der Waals surface area (Å²) in [4.78, 5) is 21.8. The summed E-state index contributed by atoms with van der Waals surface area (Å²) in [5, 5.41) is 10.6. The third-order valence-corrected chi connectivity index (χ3v) is 8.18. The lowest BCUT2D eigenvalue weighted by atomic mass is 10.1. The number of nitrogens with zero attached hydrogens (tertiary/aromatic N) is 5. The standard InChI is InChI=1S/C23H24FIN7O2P/c1-11-9-16(30-31(11)3)14-7-8-15(21(34-4)19(14)24)27-17-10-18(29-23(33)13-5-6-13)28-22-20(17)26-12(2)32(22)35-25/h7-10,13,35H,5-6H2,1-4H3,(H2,27,28,29,33). The summed E-state index contributed by atoms with van der Waals surface area (Å²) in [7, 11) is 3.24. The second-order valence-electron chi connectivity index (χ2n) is 8.50. The van der Waals surface area contributed by atoms with Gasteiger partial charge in [0, 0.05) is 30.3 Å². The number of halogens is 2. The van der Waals surface area contributed by atoms with Gasteiger partial charge in [0.1, 0.15) is 17.2 Å². The molecular weight excluding hydrogens is 583 g/mol. The lowest BCUT2D eigenvalue weighted by Crippen LogP contribution is -2.14. The number of pyridine rings is 1. The zero-order valence-electron chi connectivity index (χ0n) is 19.6. The third kappa shape index (κ3) is 4.47. The average molecular weight is 607 g/mol. The number of methoxy groups -OCH3 is 1. The molecule has 0 spiro atoms. The topological polar surface area (TPSA) is 98.9 Å². The number of carbonyl (C=O) groups is 1. The molecule has 0 saturated heterocycles. The maximum Gasteiger partial charge on any atom is 0.228 e. The molecule has 1 saturated carbocycles. The molecule has 1 atom stereocenters. The number of imidazole rings is 1. The van der Waals surface area contributed by atoms with Crippen molar-refractivity contribution in [1.82, 2.24) is 24.1 Å². The van der Waals surface area contributed by atoms with Gasteiger partial charge in [-0.3, -0.25) is 13.8 Å². The summed E-state index contributed by atoms with van der Waals surface area (Å²) in [5.41, 5.74) is 4.09. The normalized spacial score (nSPS) is 13.7. The molecule has 0 aliphatic heterocycles. The van der Waals surface area contributed by atoms with E-state index in [0.29, 0.717) is 46.0 Å². The number of nitrogens with one attached hydrogen (secondary N) is 2. The minimum Gasteiger partial charge on any atom is -0.492 e. The van der Waals surface area contributed by atoms with E-state index >= 15 is 4.39 Å². The van der Waals surface area contributed by atoms with Gasteiger partial charge in [0.05, 0.1) is 30.6 Å². The van der Waals surface area contributed by atoms with Crippen molar-refractivity contribution < 1.29 is 13.9 Å². The van der Waals surface area contributed by atoms with Crippen molar-refractivity contribution in [2.75, 3.05) is 17.7 Å². The zero-order chi connectivity index (χ0) is 24.9. The fourth-order valence-corrected chi connectivity index (χ4v) is 6.02. The summed E-state index contributed by atoms with van der Waals surface area (Å²) < 4.78 is 24.7. The molecule has 1 amide bonds. The van der Waals surface area contributed by atoms with E-state index in [-0.39, 0.29) is 17.6 Å². The molecule has 9 nitrogen and oxygen atoms in total. The van der Waals surface area contributed by atoms with Crippen LogP contribution >= 0.6 is 28.4 Å². The number of aromatic nitrogens is 5. The molecule has 35 heavy (non-hydrogen) atoms. The van der Waals surface area contributed by atoms with Crippen LogP contribution in [-0.4, -0.2) is 37.1 Å². The van der Waals surface area contributed by atoms with Crippen molar-refractivity contribution in [1.29, 1.82) is 0 Å². The number of amides is 1. The fraction of sp³-hybridized carbons (Fsp3) is 0.304. The van der Waals surface area contributed by atoms with Crippen LogP contribution in [0.5, 0.6) is 5.75 Å². The Morgan fingerprint density at radius 1 is 1.23 bits per heavy atom. The first kappa shape index (κ1) is 23.9. The molecule has 1 aromatic carbocycles. The summed E-state index contributed by atoms with van der Waals surface area (Å²) in [6.07, 6.45) is 2.16. The Morgan fingerprint density at radius 2 is 2.00 bits per heavy atom. The van der Waals surface area contributed by atoms with Gasteiger partial charge in [0.15, 0.2) is 17.2 Å².